The van der Waals surface area contributed by atoms with E-state index in [4.69, 9.17) is 18.9 Å². The number of hydrogen-bond donors (Lipinski definition) is 0. The quantitative estimate of drug-likeness (QED) is 0.560. The third kappa shape index (κ3) is 3.18. The molecule has 1 aliphatic carbocycles. The van der Waals surface area contributed by atoms with Crippen LogP contribution in [0, 0.1) is 11.8 Å². The highest BCUT2D eigenvalue weighted by atomic mass is 16.7. The van der Waals surface area contributed by atoms with E-state index in [-0.39, 0.29) is 19.6 Å². The standard InChI is InChI=1S/C15H23NO7/c1-14(2,3)23-12(18)9-8-15(20-4,21-5)10(9)11(17)16-6-7-22-13(16)19/h9-10H,6-8H2,1-5H3. The first-order valence-corrected chi connectivity index (χ1v) is 7.46. The second kappa shape index (κ2) is 6.09. The molecule has 0 bridgehead atoms. The van der Waals surface area contributed by atoms with E-state index >= 15 is 0 Å². The van der Waals surface area contributed by atoms with Crippen molar-refractivity contribution in [1.82, 2.24) is 4.90 Å². The number of hydrogen-bond acceptors (Lipinski definition) is 7. The van der Waals surface area contributed by atoms with Gasteiger partial charge in [0.1, 0.15) is 18.1 Å². The predicted molar refractivity (Wildman–Crippen MR) is 77.3 cm³/mol. The molecule has 2 unspecified atom stereocenters. The van der Waals surface area contributed by atoms with E-state index in [1.54, 1.807) is 20.8 Å². The Morgan fingerprint density at radius 2 is 1.87 bits per heavy atom. The zero-order valence-electron chi connectivity index (χ0n) is 14.1. The molecule has 1 aliphatic heterocycles. The Morgan fingerprint density at radius 3 is 2.30 bits per heavy atom. The summed E-state index contributed by atoms with van der Waals surface area (Å²) in [5, 5.41) is 0. The molecule has 2 rings (SSSR count). The van der Waals surface area contributed by atoms with Crippen molar-refractivity contribution in [3.05, 3.63) is 0 Å². The van der Waals surface area contributed by atoms with E-state index < -0.39 is 41.2 Å². The molecule has 0 spiro atoms. The van der Waals surface area contributed by atoms with Crippen LogP contribution < -0.4 is 0 Å². The van der Waals surface area contributed by atoms with Crippen molar-refractivity contribution in [2.24, 2.45) is 11.8 Å². The Labute approximate surface area is 135 Å². The number of nitrogens with zero attached hydrogens (tertiary/aromatic N) is 1. The molecule has 0 aromatic carbocycles. The van der Waals surface area contributed by atoms with Gasteiger partial charge in [-0.2, -0.15) is 0 Å². The molecule has 2 fully saturated rings. The maximum absolute atomic E-state index is 12.7. The fraction of sp³-hybridized carbons (Fsp3) is 0.800. The molecule has 23 heavy (non-hydrogen) atoms. The molecule has 8 heteroatoms. The molecule has 2 aliphatic rings. The molecule has 0 aromatic rings. The van der Waals surface area contributed by atoms with Gasteiger partial charge >= 0.3 is 12.1 Å². The molecular weight excluding hydrogens is 306 g/mol. The Kier molecular flexibility index (Phi) is 4.68. The number of amides is 2. The van der Waals surface area contributed by atoms with Crippen LogP contribution in [0.15, 0.2) is 0 Å². The number of ether oxygens (including phenoxy) is 4. The lowest BCUT2D eigenvalue weighted by molar-refractivity contribution is -0.303. The number of methoxy groups -OCH3 is 2. The van der Waals surface area contributed by atoms with Crippen molar-refractivity contribution in [2.75, 3.05) is 27.4 Å². The zero-order valence-corrected chi connectivity index (χ0v) is 14.1. The summed E-state index contributed by atoms with van der Waals surface area (Å²) in [6.07, 6.45) is -0.528. The highest BCUT2D eigenvalue weighted by molar-refractivity contribution is 5.97. The fourth-order valence-corrected chi connectivity index (χ4v) is 2.92. The molecule has 1 saturated heterocycles. The smallest absolute Gasteiger partial charge is 0.416 e. The molecule has 0 radical (unpaired) electrons. The van der Waals surface area contributed by atoms with Crippen LogP contribution in [0.4, 0.5) is 4.79 Å². The van der Waals surface area contributed by atoms with Gasteiger partial charge in [0.2, 0.25) is 5.91 Å². The molecule has 1 saturated carbocycles. The SMILES string of the molecule is COC1(OC)CC(C(=O)OC(C)(C)C)C1C(=O)N1CCOC1=O. The van der Waals surface area contributed by atoms with Crippen molar-refractivity contribution < 1.29 is 33.3 Å². The van der Waals surface area contributed by atoms with Crippen molar-refractivity contribution in [3.8, 4) is 0 Å². The van der Waals surface area contributed by atoms with Gasteiger partial charge in [0.25, 0.3) is 0 Å². The first kappa shape index (κ1) is 17.7. The van der Waals surface area contributed by atoms with E-state index in [1.807, 2.05) is 0 Å². The summed E-state index contributed by atoms with van der Waals surface area (Å²) in [4.78, 5) is 37.7. The van der Waals surface area contributed by atoms with Gasteiger partial charge in [0.05, 0.1) is 12.5 Å². The number of imide groups is 1. The average molecular weight is 329 g/mol. The lowest BCUT2D eigenvalue weighted by atomic mass is 9.66. The Balaban J connectivity index is 2.22. The van der Waals surface area contributed by atoms with Crippen LogP contribution in [-0.2, 0) is 28.5 Å². The summed E-state index contributed by atoms with van der Waals surface area (Å²) < 4.78 is 20.8. The fourth-order valence-electron chi connectivity index (χ4n) is 2.92. The number of cyclic esters (lactones) is 1. The van der Waals surface area contributed by atoms with Crippen LogP contribution in [0.1, 0.15) is 27.2 Å². The number of carbonyl (C=O) groups is 3. The molecular formula is C15H23NO7. The van der Waals surface area contributed by atoms with Crippen LogP contribution >= 0.6 is 0 Å². The largest absolute Gasteiger partial charge is 0.460 e. The number of esters is 1. The predicted octanol–water partition coefficient (Wildman–Crippen LogP) is 0.932. The normalized spacial score (nSPS) is 26.5. The molecule has 0 N–H and O–H groups in total. The van der Waals surface area contributed by atoms with Gasteiger partial charge in [-0.15, -0.1) is 0 Å². The molecule has 130 valence electrons. The first-order chi connectivity index (χ1) is 10.6. The first-order valence-electron chi connectivity index (χ1n) is 7.46. The van der Waals surface area contributed by atoms with E-state index in [0.717, 1.165) is 4.90 Å². The van der Waals surface area contributed by atoms with Crippen LogP contribution in [0.3, 0.4) is 0 Å². The van der Waals surface area contributed by atoms with E-state index in [9.17, 15) is 14.4 Å². The van der Waals surface area contributed by atoms with Crippen LogP contribution in [0.2, 0.25) is 0 Å². The third-order valence-corrected chi connectivity index (χ3v) is 4.07. The minimum Gasteiger partial charge on any atom is -0.460 e. The molecule has 2 amide bonds. The van der Waals surface area contributed by atoms with E-state index in [1.165, 1.54) is 14.2 Å². The molecule has 1 heterocycles. The van der Waals surface area contributed by atoms with Crippen molar-refractivity contribution in [1.29, 1.82) is 0 Å². The summed E-state index contributed by atoms with van der Waals surface area (Å²) in [5.41, 5.74) is -0.671. The Hall–Kier alpha value is -1.67. The zero-order chi connectivity index (χ0) is 17.4. The van der Waals surface area contributed by atoms with Crippen LogP contribution in [0.5, 0.6) is 0 Å². The Morgan fingerprint density at radius 1 is 1.26 bits per heavy atom. The lowest BCUT2D eigenvalue weighted by Crippen LogP contribution is -2.65. The molecule has 8 nitrogen and oxygen atoms in total. The highest BCUT2D eigenvalue weighted by Gasteiger charge is 2.64. The summed E-state index contributed by atoms with van der Waals surface area (Å²) in [7, 11) is 2.80. The second-order valence-corrected chi connectivity index (χ2v) is 6.65. The molecule has 2 atom stereocenters. The monoisotopic (exact) mass is 329 g/mol. The van der Waals surface area contributed by atoms with Crippen molar-refractivity contribution in [3.63, 3.8) is 0 Å². The maximum Gasteiger partial charge on any atom is 0.416 e. The van der Waals surface area contributed by atoms with Gasteiger partial charge in [-0.25, -0.2) is 9.69 Å². The maximum atomic E-state index is 12.7. The van der Waals surface area contributed by atoms with Gasteiger partial charge in [-0.3, -0.25) is 9.59 Å². The van der Waals surface area contributed by atoms with Crippen molar-refractivity contribution in [2.45, 2.75) is 38.6 Å². The minimum absolute atomic E-state index is 0.140. The number of rotatable bonds is 4. The average Bonchev–Trinajstić information content (AvgIpc) is 2.83. The van der Waals surface area contributed by atoms with Gasteiger partial charge < -0.3 is 18.9 Å². The summed E-state index contributed by atoms with van der Waals surface area (Å²) >= 11 is 0. The van der Waals surface area contributed by atoms with Crippen LogP contribution in [0.25, 0.3) is 0 Å². The number of carbonyl (C=O) groups excluding carboxylic acids is 3. The lowest BCUT2D eigenvalue weighted by Gasteiger charge is -2.50. The van der Waals surface area contributed by atoms with E-state index in [0.29, 0.717) is 0 Å². The minimum atomic E-state index is -1.23. The van der Waals surface area contributed by atoms with Gasteiger partial charge in [0.15, 0.2) is 5.79 Å². The van der Waals surface area contributed by atoms with Crippen LogP contribution in [-0.4, -0.2) is 61.6 Å². The topological polar surface area (TPSA) is 91.4 Å². The van der Waals surface area contributed by atoms with Gasteiger partial charge in [0, 0.05) is 20.6 Å². The second-order valence-electron chi connectivity index (χ2n) is 6.65. The van der Waals surface area contributed by atoms with Gasteiger partial charge in [-0.1, -0.05) is 0 Å². The highest BCUT2D eigenvalue weighted by Crippen LogP contribution is 2.49. The Bertz CT molecular complexity index is 506. The summed E-state index contributed by atoms with van der Waals surface area (Å²) in [6, 6.07) is 0. The summed E-state index contributed by atoms with van der Waals surface area (Å²) in [6.45, 7) is 5.54. The van der Waals surface area contributed by atoms with Gasteiger partial charge in [-0.05, 0) is 20.8 Å². The van der Waals surface area contributed by atoms with Crippen molar-refractivity contribution >= 4 is 18.0 Å². The summed E-state index contributed by atoms with van der Waals surface area (Å²) in [5.74, 6) is -3.96. The van der Waals surface area contributed by atoms with E-state index in [2.05, 4.69) is 0 Å². The molecule has 0 aromatic heterocycles. The third-order valence-electron chi connectivity index (χ3n) is 4.07.